The van der Waals surface area contributed by atoms with Crippen LogP contribution in [0.2, 0.25) is 0 Å². The van der Waals surface area contributed by atoms with Crippen molar-refractivity contribution < 1.29 is 20.2 Å². The average Bonchev–Trinajstić information content (AvgIpc) is 1.87. The van der Waals surface area contributed by atoms with Crippen LogP contribution in [0.4, 0.5) is 0 Å². The number of hydrogen-bond donors (Lipinski definition) is 1. The van der Waals surface area contributed by atoms with Gasteiger partial charge in [-0.2, -0.15) is 0 Å². The van der Waals surface area contributed by atoms with Crippen LogP contribution in [0.5, 0.6) is 0 Å². The molecule has 0 saturated carbocycles. The van der Waals surface area contributed by atoms with Crippen molar-refractivity contribution in [1.29, 1.82) is 0 Å². The van der Waals surface area contributed by atoms with Crippen LogP contribution in [0.25, 0.3) is 0 Å². The van der Waals surface area contributed by atoms with E-state index in [1.54, 1.807) is 0 Å². The van der Waals surface area contributed by atoms with E-state index < -0.39 is 0 Å². The molecule has 0 aromatic rings. The molecule has 0 aliphatic carbocycles. The molecule has 4 nitrogen and oxygen atoms in total. The van der Waals surface area contributed by atoms with Gasteiger partial charge >= 0.3 is 0 Å². The standard InChI is InChI=1S/C6H14O4/c1-6(2)4-3-5-8-10-9-7/h6-7H,3-5H2,1-2H3. The highest BCUT2D eigenvalue weighted by atomic mass is 17.6. The van der Waals surface area contributed by atoms with Gasteiger partial charge in [-0.05, 0) is 28.8 Å². The third-order valence-electron chi connectivity index (χ3n) is 1.09. The first-order chi connectivity index (χ1) is 4.77. The Morgan fingerprint density at radius 2 is 2.10 bits per heavy atom. The van der Waals surface area contributed by atoms with Crippen LogP contribution < -0.4 is 0 Å². The zero-order valence-corrected chi connectivity index (χ0v) is 6.37. The summed E-state index contributed by atoms with van der Waals surface area (Å²) in [6.07, 6.45) is 1.98. The van der Waals surface area contributed by atoms with Gasteiger partial charge in [-0.1, -0.05) is 13.8 Å². The Morgan fingerprint density at radius 1 is 1.40 bits per heavy atom. The predicted octanol–water partition coefficient (Wildman–Crippen LogP) is 1.78. The summed E-state index contributed by atoms with van der Waals surface area (Å²) in [6, 6.07) is 0. The van der Waals surface area contributed by atoms with Crippen molar-refractivity contribution in [2.45, 2.75) is 26.7 Å². The van der Waals surface area contributed by atoms with Crippen LogP contribution >= 0.6 is 0 Å². The molecule has 0 aromatic heterocycles. The second kappa shape index (κ2) is 6.95. The van der Waals surface area contributed by atoms with Crippen LogP contribution in [0.15, 0.2) is 0 Å². The van der Waals surface area contributed by atoms with Gasteiger partial charge in [-0.3, -0.25) is 0 Å². The summed E-state index contributed by atoms with van der Waals surface area (Å²) in [6.45, 7) is 4.70. The molecule has 0 saturated heterocycles. The van der Waals surface area contributed by atoms with Crippen LogP contribution in [0, 0.1) is 5.92 Å². The Morgan fingerprint density at radius 3 is 2.60 bits per heavy atom. The molecule has 0 atom stereocenters. The zero-order valence-electron chi connectivity index (χ0n) is 6.37. The van der Waals surface area contributed by atoms with Gasteiger partial charge in [0, 0.05) is 0 Å². The molecule has 10 heavy (non-hydrogen) atoms. The Kier molecular flexibility index (Phi) is 6.84. The Balaban J connectivity index is 2.77. The van der Waals surface area contributed by atoms with Crippen molar-refractivity contribution in [3.05, 3.63) is 0 Å². The van der Waals surface area contributed by atoms with E-state index in [-0.39, 0.29) is 0 Å². The second-order valence-electron chi connectivity index (χ2n) is 2.50. The fraction of sp³-hybridized carbons (Fsp3) is 1.00. The molecule has 0 unspecified atom stereocenters. The lowest BCUT2D eigenvalue weighted by Gasteiger charge is -2.01. The van der Waals surface area contributed by atoms with E-state index in [2.05, 4.69) is 28.8 Å². The molecular formula is C6H14O4. The molecule has 0 aromatic carbocycles. The van der Waals surface area contributed by atoms with E-state index in [0.29, 0.717) is 12.5 Å². The fourth-order valence-corrected chi connectivity index (χ4v) is 0.606. The van der Waals surface area contributed by atoms with E-state index in [9.17, 15) is 0 Å². The van der Waals surface area contributed by atoms with Gasteiger partial charge in [0.15, 0.2) is 0 Å². The number of rotatable bonds is 6. The lowest BCUT2D eigenvalue weighted by atomic mass is 10.1. The molecule has 0 bridgehead atoms. The molecule has 0 aliphatic rings. The van der Waals surface area contributed by atoms with Gasteiger partial charge in [0.05, 0.1) is 6.61 Å². The van der Waals surface area contributed by atoms with E-state index in [4.69, 9.17) is 5.26 Å². The highest BCUT2D eigenvalue weighted by Crippen LogP contribution is 2.02. The van der Waals surface area contributed by atoms with Gasteiger partial charge in [-0.15, -0.1) is 0 Å². The van der Waals surface area contributed by atoms with Gasteiger partial charge in [0.1, 0.15) is 0 Å². The monoisotopic (exact) mass is 150 g/mol. The maximum atomic E-state index is 7.63. The van der Waals surface area contributed by atoms with E-state index in [0.717, 1.165) is 12.8 Å². The maximum Gasteiger partial charge on any atom is 0.0855 e. The van der Waals surface area contributed by atoms with Crippen LogP contribution in [0.1, 0.15) is 26.7 Å². The minimum absolute atomic E-state index is 0.443. The number of hydrogen-bond acceptors (Lipinski definition) is 4. The molecule has 0 radical (unpaired) electrons. The lowest BCUT2D eigenvalue weighted by molar-refractivity contribution is -0.623. The third kappa shape index (κ3) is 7.84. The van der Waals surface area contributed by atoms with Crippen molar-refractivity contribution in [3.8, 4) is 0 Å². The summed E-state index contributed by atoms with van der Waals surface area (Å²) >= 11 is 0. The zero-order chi connectivity index (χ0) is 7.82. The minimum Gasteiger partial charge on any atom is -0.219 e. The molecule has 4 heteroatoms. The summed E-state index contributed by atoms with van der Waals surface area (Å²) in [4.78, 5) is 4.36. The highest BCUT2D eigenvalue weighted by molar-refractivity contribution is 4.42. The molecule has 1 N–H and O–H groups in total. The summed E-state index contributed by atoms with van der Waals surface area (Å²) in [5.74, 6) is 0.665. The van der Waals surface area contributed by atoms with Crippen LogP contribution in [0.3, 0.4) is 0 Å². The molecule has 0 aliphatic heterocycles. The Labute approximate surface area is 60.5 Å². The van der Waals surface area contributed by atoms with E-state index in [1.807, 2.05) is 0 Å². The first-order valence-electron chi connectivity index (χ1n) is 3.37. The van der Waals surface area contributed by atoms with E-state index >= 15 is 0 Å². The van der Waals surface area contributed by atoms with Gasteiger partial charge in [0.25, 0.3) is 0 Å². The SMILES string of the molecule is CC(C)CCCOOOO. The first-order valence-corrected chi connectivity index (χ1v) is 3.37. The smallest absolute Gasteiger partial charge is 0.0855 e. The summed E-state index contributed by atoms with van der Waals surface area (Å²) in [5, 5.41) is 14.6. The topological polar surface area (TPSA) is 47.9 Å². The molecule has 0 rings (SSSR count). The van der Waals surface area contributed by atoms with Crippen molar-refractivity contribution in [2.75, 3.05) is 6.61 Å². The van der Waals surface area contributed by atoms with Gasteiger partial charge in [0.2, 0.25) is 0 Å². The van der Waals surface area contributed by atoms with Crippen molar-refractivity contribution >= 4 is 0 Å². The first kappa shape index (κ1) is 9.84. The minimum atomic E-state index is 0.443. The summed E-state index contributed by atoms with van der Waals surface area (Å²) in [5.41, 5.74) is 0. The molecule has 0 heterocycles. The van der Waals surface area contributed by atoms with Gasteiger partial charge < -0.3 is 0 Å². The predicted molar refractivity (Wildman–Crippen MR) is 34.8 cm³/mol. The average molecular weight is 150 g/mol. The van der Waals surface area contributed by atoms with Crippen molar-refractivity contribution in [2.24, 2.45) is 5.92 Å². The lowest BCUT2D eigenvalue weighted by Crippen LogP contribution is -1.97. The highest BCUT2D eigenvalue weighted by Gasteiger charge is 1.93. The molecule has 0 fully saturated rings. The van der Waals surface area contributed by atoms with Crippen molar-refractivity contribution in [1.82, 2.24) is 0 Å². The summed E-state index contributed by atoms with van der Waals surface area (Å²) in [7, 11) is 0. The maximum absolute atomic E-state index is 7.63. The Hall–Kier alpha value is -0.160. The Bertz CT molecular complexity index is 64.8. The van der Waals surface area contributed by atoms with Gasteiger partial charge in [-0.25, -0.2) is 10.1 Å². The van der Waals surface area contributed by atoms with Crippen molar-refractivity contribution in [3.63, 3.8) is 0 Å². The normalized spacial score (nSPS) is 10.8. The quantitative estimate of drug-likeness (QED) is 0.356. The van der Waals surface area contributed by atoms with Crippen LogP contribution in [-0.2, 0) is 15.0 Å². The molecule has 0 amide bonds. The summed E-state index contributed by atoms with van der Waals surface area (Å²) < 4.78 is 0. The molecule has 62 valence electrons. The second-order valence-corrected chi connectivity index (χ2v) is 2.50. The molecular weight excluding hydrogens is 136 g/mol. The third-order valence-corrected chi connectivity index (χ3v) is 1.09. The fourth-order valence-electron chi connectivity index (χ4n) is 0.606. The van der Waals surface area contributed by atoms with E-state index in [1.165, 1.54) is 0 Å². The molecule has 0 spiro atoms. The largest absolute Gasteiger partial charge is 0.219 e. The van der Waals surface area contributed by atoms with Crippen LogP contribution in [-0.4, -0.2) is 11.9 Å².